The molecule has 3 aliphatic heterocycles. The van der Waals surface area contributed by atoms with Gasteiger partial charge in [0.1, 0.15) is 5.60 Å². The van der Waals surface area contributed by atoms with Gasteiger partial charge < -0.3 is 45.2 Å². The summed E-state index contributed by atoms with van der Waals surface area (Å²) in [4.78, 5) is 178. The quantitative estimate of drug-likeness (QED) is 0.0903. The Bertz CT molecular complexity index is 9040. The second-order valence-electron chi connectivity index (χ2n) is 39.8. The van der Waals surface area contributed by atoms with E-state index in [4.69, 9.17) is 19.7 Å². The number of likely N-dealkylation sites (tertiary alicyclic amines) is 2. The highest BCUT2D eigenvalue weighted by atomic mass is 16.6. The molecule has 3 saturated heterocycles. The van der Waals surface area contributed by atoms with Crippen LogP contribution in [-0.2, 0) is 4.74 Å². The second-order valence-corrected chi connectivity index (χ2v) is 39.8. The van der Waals surface area contributed by atoms with E-state index in [0.717, 1.165) is 125 Å². The van der Waals surface area contributed by atoms with Crippen molar-refractivity contribution in [1.82, 2.24) is 92.3 Å². The van der Waals surface area contributed by atoms with Gasteiger partial charge >= 0.3 is 6.09 Å². The van der Waals surface area contributed by atoms with Gasteiger partial charge in [0.25, 0.3) is 57.3 Å². The highest BCUT2D eigenvalue weighted by Gasteiger charge is 2.36. The summed E-state index contributed by atoms with van der Waals surface area (Å²) in [6.45, 7) is 17.1. The third-order valence-corrected chi connectivity index (χ3v) is 27.9. The van der Waals surface area contributed by atoms with Crippen LogP contribution in [0.1, 0.15) is 125 Å². The van der Waals surface area contributed by atoms with E-state index in [1.54, 1.807) is 108 Å². The Labute approximate surface area is 842 Å². The normalized spacial score (nSPS) is 14.4. The van der Waals surface area contributed by atoms with Crippen molar-refractivity contribution in [2.24, 2.45) is 0 Å². The van der Waals surface area contributed by atoms with Crippen LogP contribution in [0.4, 0.5) is 4.79 Å². The van der Waals surface area contributed by atoms with Crippen molar-refractivity contribution in [1.29, 1.82) is 0 Å². The van der Waals surface area contributed by atoms with Gasteiger partial charge in [-0.25, -0.2) is 29.7 Å². The monoisotopic (exact) mass is 1960 g/mol. The van der Waals surface area contributed by atoms with Crippen LogP contribution in [-0.4, -0.2) is 235 Å². The molecule has 31 heteroatoms. The van der Waals surface area contributed by atoms with E-state index in [1.807, 2.05) is 222 Å². The van der Waals surface area contributed by atoms with Gasteiger partial charge in [-0.1, -0.05) is 121 Å². The first-order valence-corrected chi connectivity index (χ1v) is 49.7. The minimum absolute atomic E-state index is 0.0662. The number of carbonyl (C=O) groups excluding carboxylic acids is 6. The molecule has 1 saturated carbocycles. The molecule has 742 valence electrons. The molecule has 1 aliphatic carbocycles. The Kier molecular flexibility index (Phi) is 27.3. The lowest BCUT2D eigenvalue weighted by molar-refractivity contribution is 0.00530. The summed E-state index contributed by atoms with van der Waals surface area (Å²) in [5.74, 6) is -0.879. The molecule has 24 rings (SSSR count). The molecule has 4 fully saturated rings. The minimum Gasteiger partial charge on any atom is -0.444 e. The summed E-state index contributed by atoms with van der Waals surface area (Å²) in [7, 11) is 7.90. The molecule has 20 aromatic rings. The minimum atomic E-state index is -0.568. The lowest BCUT2D eigenvalue weighted by atomic mass is 9.93. The van der Waals surface area contributed by atoms with Crippen LogP contribution in [0.25, 0.3) is 137 Å². The van der Waals surface area contributed by atoms with Gasteiger partial charge in [-0.05, 0) is 289 Å². The van der Waals surface area contributed by atoms with Crippen LogP contribution in [0.15, 0.2) is 298 Å². The van der Waals surface area contributed by atoms with Crippen LogP contribution in [0, 0.1) is 0 Å². The number of ether oxygens (including phenoxy) is 1. The molecular weight excluding hydrogens is 1850 g/mol. The molecule has 10 aromatic heterocycles. The third kappa shape index (κ3) is 20.2. The molecule has 147 heavy (non-hydrogen) atoms. The number of rotatable bonds is 13. The number of hydrogen-bond acceptors (Lipinski definition) is 20. The Balaban J connectivity index is 0.000000112. The van der Waals surface area contributed by atoms with E-state index in [0.29, 0.717) is 149 Å². The molecule has 13 heterocycles. The van der Waals surface area contributed by atoms with E-state index in [9.17, 15) is 52.7 Å². The molecule has 10 aromatic carbocycles. The molecular formula is C116H111N19O12. The Morgan fingerprint density at radius 2 is 0.653 bits per heavy atom. The van der Waals surface area contributed by atoms with E-state index in [1.165, 1.54) is 22.0 Å². The zero-order valence-electron chi connectivity index (χ0n) is 83.2. The number of nitrogens with zero attached hydrogens (tertiary/aromatic N) is 16. The van der Waals surface area contributed by atoms with Gasteiger partial charge in [-0.15, -0.1) is 0 Å². The van der Waals surface area contributed by atoms with Crippen LogP contribution in [0.2, 0.25) is 0 Å². The van der Waals surface area contributed by atoms with Crippen molar-refractivity contribution < 1.29 is 33.5 Å². The summed E-state index contributed by atoms with van der Waals surface area (Å²) in [5, 5.41) is 21.8. The SMILES string of the molecule is CC(C)(C)OC(=O)N1CC(NC(=O)c2cccn3c(=O)c4cc5ccccc5cc4nc23)C1.CC(C)N1CCN(C(=O)c2cccn3c(=O)c4cc5ccccc5cc4nc23)CC1.CN(C)CCCN(C)C(=O)c1cccn2c(=O)c3cc4ccccc4cc3nc12.CN1CCC(NC(=O)c2cccn3c(=O)c4cc5ccccc5cc4nc23)CC1.O=C(NC1CCC1)c1cccn2c(=O)c3cc4ccccc4cc3nc12. The van der Waals surface area contributed by atoms with Crippen molar-refractivity contribution in [3.05, 3.63) is 353 Å². The standard InChI is InChI=1S/C25H24N4O4.C24H24N4O2.C23H22N4O2.C23H24N4O2.C21H17N3O2/c1-25(2,3)33-24(32)28-13-17(14-28)26-22(30)18-9-6-10-29-21(18)27-20-12-16-8-5-4-7-15(16)11-19(20)23(29)31;1-16(2)26-10-12-27(13-11-26)23(29)19-8-5-9-28-22(19)25-21-15-18-7-4-3-6-17(18)14-20(21)24(28)30;1-26-11-8-17(9-12-26)24-22(28)18-7-4-10-27-21(18)25-20-14-16-6-3-2-5-15(16)13-19(20)23(27)29;1-25(2)11-7-12-26(3)22(28)18-10-6-13-27-21(18)24-20-15-17-9-5-4-8-16(17)14-19(20)23(27)29;25-20(22-15-7-3-8-15)16-9-4-10-24-19(16)23-18-12-14-6-2-1-5-13(14)11-17(18)21(24)26/h4-12,17H,13-14H2,1-3H3,(H,26,30);3-9,14-16H,10-13H2,1-2H3;2-7,10,13-14,17H,8-9,11-12H2,1H3,(H,24,28);4-6,8-10,13-15H,7,11-12H2,1-3H3;1-2,4-6,9-12,15H,3,7-8H2,(H,22,25). The van der Waals surface area contributed by atoms with Crippen molar-refractivity contribution in [3.8, 4) is 0 Å². The first-order chi connectivity index (χ1) is 71.0. The number of amides is 6. The highest BCUT2D eigenvalue weighted by Crippen LogP contribution is 2.31. The average molecular weight is 1960 g/mol. The maximum absolute atomic E-state index is 13.3. The van der Waals surface area contributed by atoms with Crippen LogP contribution in [0.3, 0.4) is 0 Å². The number of piperazine rings is 1. The number of hydrogen-bond donors (Lipinski definition) is 3. The van der Waals surface area contributed by atoms with Gasteiger partial charge in [0.2, 0.25) is 0 Å². The largest absolute Gasteiger partial charge is 0.444 e. The maximum Gasteiger partial charge on any atom is 0.410 e. The molecule has 0 atom stereocenters. The highest BCUT2D eigenvalue weighted by molar-refractivity contribution is 6.08. The average Bonchev–Trinajstić information content (AvgIpc) is 0.792. The van der Waals surface area contributed by atoms with Gasteiger partial charge in [0.05, 0.1) is 88.4 Å². The molecule has 3 N–H and O–H groups in total. The second kappa shape index (κ2) is 41.1. The lowest BCUT2D eigenvalue weighted by Gasteiger charge is -2.39. The summed E-state index contributed by atoms with van der Waals surface area (Å²) < 4.78 is 12.7. The fourth-order valence-electron chi connectivity index (χ4n) is 19.5. The van der Waals surface area contributed by atoms with E-state index >= 15 is 0 Å². The van der Waals surface area contributed by atoms with E-state index in [-0.39, 0.29) is 75.5 Å². The Hall–Kier alpha value is -16.9. The third-order valence-electron chi connectivity index (χ3n) is 27.9. The molecule has 31 nitrogen and oxygen atoms in total. The van der Waals surface area contributed by atoms with Gasteiger partial charge in [-0.2, -0.15) is 0 Å². The van der Waals surface area contributed by atoms with Gasteiger partial charge in [0, 0.05) is 102 Å². The first-order valence-electron chi connectivity index (χ1n) is 49.7. The van der Waals surface area contributed by atoms with Gasteiger partial charge in [-0.3, -0.25) is 74.8 Å². The van der Waals surface area contributed by atoms with Crippen molar-refractivity contribution in [2.75, 3.05) is 93.6 Å². The molecule has 4 aliphatic rings. The molecule has 0 bridgehead atoms. The number of aromatic nitrogens is 10. The van der Waals surface area contributed by atoms with Crippen LogP contribution >= 0.6 is 0 Å². The zero-order chi connectivity index (χ0) is 102. The fraction of sp³-hybridized carbons (Fsp3) is 0.259. The predicted molar refractivity (Wildman–Crippen MR) is 577 cm³/mol. The maximum atomic E-state index is 13.3. The van der Waals surface area contributed by atoms with Crippen molar-refractivity contribution >= 4 is 172 Å². The molecule has 6 amide bonds. The van der Waals surface area contributed by atoms with Crippen LogP contribution in [0.5, 0.6) is 0 Å². The van der Waals surface area contributed by atoms with Gasteiger partial charge in [0.15, 0.2) is 28.2 Å². The van der Waals surface area contributed by atoms with Crippen molar-refractivity contribution in [2.45, 2.75) is 103 Å². The van der Waals surface area contributed by atoms with E-state index in [2.05, 4.69) is 61.5 Å². The zero-order valence-corrected chi connectivity index (χ0v) is 83.2. The number of benzene rings is 10. The summed E-state index contributed by atoms with van der Waals surface area (Å²) >= 11 is 0. The predicted octanol–water partition coefficient (Wildman–Crippen LogP) is 15.6. The molecule has 0 spiro atoms. The van der Waals surface area contributed by atoms with Crippen LogP contribution < -0.4 is 43.7 Å². The molecule has 0 radical (unpaired) electrons. The Morgan fingerprint density at radius 1 is 0.361 bits per heavy atom. The smallest absolute Gasteiger partial charge is 0.410 e. The lowest BCUT2D eigenvalue weighted by Crippen LogP contribution is -2.61. The first kappa shape index (κ1) is 97.5. The molecule has 0 unspecified atom stereocenters. The number of carbonyl (C=O) groups is 6. The number of nitrogens with one attached hydrogen (secondary N) is 3. The summed E-state index contributed by atoms with van der Waals surface area (Å²) in [5.41, 5.74) is 5.52. The summed E-state index contributed by atoms with van der Waals surface area (Å²) in [6.07, 6.45) is 13.8. The topological polar surface area (TPSA) is 339 Å². The fourth-order valence-corrected chi connectivity index (χ4v) is 19.5. The summed E-state index contributed by atoms with van der Waals surface area (Å²) in [6, 6.07) is 76.0. The number of fused-ring (bicyclic) bond motifs is 15. The Morgan fingerprint density at radius 3 is 0.959 bits per heavy atom. The number of piperidine rings is 1. The van der Waals surface area contributed by atoms with E-state index < -0.39 is 11.7 Å². The van der Waals surface area contributed by atoms with Crippen molar-refractivity contribution in [3.63, 3.8) is 0 Å². The number of pyridine rings is 5.